The minimum absolute atomic E-state index is 0.0411. The maximum atomic E-state index is 11.9. The summed E-state index contributed by atoms with van der Waals surface area (Å²) in [6.07, 6.45) is 16.9. The summed E-state index contributed by atoms with van der Waals surface area (Å²) in [5.41, 5.74) is 2.75. The van der Waals surface area contributed by atoms with Crippen molar-refractivity contribution in [2.75, 3.05) is 0 Å². The zero-order valence-corrected chi connectivity index (χ0v) is 24.6. The summed E-state index contributed by atoms with van der Waals surface area (Å²) >= 11 is 0. The lowest BCUT2D eigenvalue weighted by Crippen LogP contribution is -2.51. The lowest BCUT2D eigenvalue weighted by molar-refractivity contribution is -0.159. The van der Waals surface area contributed by atoms with E-state index in [-0.39, 0.29) is 34.4 Å². The van der Waals surface area contributed by atoms with E-state index in [0.717, 1.165) is 56.4 Å². The Morgan fingerprint density at radius 1 is 0.974 bits per heavy atom. The summed E-state index contributed by atoms with van der Waals surface area (Å²) in [5, 5.41) is 18.6. The van der Waals surface area contributed by atoms with Crippen LogP contribution in [0.5, 0.6) is 11.5 Å². The monoisotopic (exact) mass is 538 g/mol. The second-order valence-corrected chi connectivity index (χ2v) is 13.0. The van der Waals surface area contributed by atoms with Crippen molar-refractivity contribution >= 4 is 11.8 Å². The van der Waals surface area contributed by atoms with Crippen LogP contribution in [0.1, 0.15) is 117 Å². The molecule has 0 aliphatic heterocycles. The van der Waals surface area contributed by atoms with Crippen molar-refractivity contribution in [1.29, 1.82) is 0 Å². The summed E-state index contributed by atoms with van der Waals surface area (Å²) in [6, 6.07) is 4.81. The molecule has 4 aliphatic carbocycles. The molecule has 3 saturated carbocycles. The van der Waals surface area contributed by atoms with Gasteiger partial charge in [-0.3, -0.25) is 9.59 Å². The number of phenols is 2. The first-order chi connectivity index (χ1) is 18.6. The molecule has 6 atom stereocenters. The predicted octanol–water partition coefficient (Wildman–Crippen LogP) is 8.06. The summed E-state index contributed by atoms with van der Waals surface area (Å²) < 4.78 is 5.86. The van der Waals surface area contributed by atoms with Crippen molar-refractivity contribution in [3.63, 3.8) is 0 Å². The molecular weight excluding hydrogens is 488 g/mol. The molecule has 0 saturated heterocycles. The van der Waals surface area contributed by atoms with Crippen molar-refractivity contribution in [2.45, 2.75) is 124 Å². The Labute approximate surface area is 235 Å². The number of fused-ring (bicyclic) bond motifs is 5. The molecule has 2 N–H and O–H groups in total. The fraction of sp³-hybridized carbons (Fsp3) is 0.706. The first-order valence-corrected chi connectivity index (χ1v) is 15.6. The van der Waals surface area contributed by atoms with Crippen LogP contribution in [-0.4, -0.2) is 28.1 Å². The third kappa shape index (κ3) is 6.23. The smallest absolute Gasteiger partial charge is 0.305 e. The molecule has 3 fully saturated rings. The molecule has 216 valence electrons. The van der Waals surface area contributed by atoms with Crippen LogP contribution < -0.4 is 0 Å². The van der Waals surface area contributed by atoms with Gasteiger partial charge in [-0.25, -0.2) is 0 Å². The number of aromatic hydroxyl groups is 2. The molecule has 6 unspecified atom stereocenters. The minimum Gasteiger partial charge on any atom is -0.508 e. The molecule has 5 heteroatoms. The second kappa shape index (κ2) is 12.5. The Morgan fingerprint density at radius 2 is 1.77 bits per heavy atom. The Hall–Kier alpha value is -2.30. The molecule has 5 nitrogen and oxygen atoms in total. The zero-order valence-electron chi connectivity index (χ0n) is 24.6. The molecule has 0 amide bonds. The lowest BCUT2D eigenvalue weighted by Gasteiger charge is -2.57. The summed E-state index contributed by atoms with van der Waals surface area (Å²) in [4.78, 5) is 23.8. The summed E-state index contributed by atoms with van der Waals surface area (Å²) in [6.45, 7) is 8.87. The van der Waals surface area contributed by atoms with Crippen LogP contribution in [0.4, 0.5) is 0 Å². The highest BCUT2D eigenvalue weighted by Crippen LogP contribution is 2.65. The minimum atomic E-state index is -0.0411. The Morgan fingerprint density at radius 3 is 2.49 bits per heavy atom. The highest BCUT2D eigenvalue weighted by atomic mass is 16.5. The molecule has 0 bridgehead atoms. The van der Waals surface area contributed by atoms with Crippen LogP contribution >= 0.6 is 0 Å². The van der Waals surface area contributed by atoms with Gasteiger partial charge in [0.2, 0.25) is 0 Å². The van der Waals surface area contributed by atoms with Crippen molar-refractivity contribution in [3.05, 3.63) is 35.4 Å². The Bertz CT molecular complexity index is 1060. The van der Waals surface area contributed by atoms with Crippen molar-refractivity contribution in [1.82, 2.24) is 0 Å². The number of ketones is 1. The fourth-order valence-corrected chi connectivity index (χ4v) is 8.45. The standard InChI is InChI=1S/C22H32O3.C12H18O2/c1-4-20(24)25-19-8-7-17-16-6-5-14-13-15(23)9-11-21(14,2)18(16)10-12-22(17,19)3;1-2-3-4-5-6-10-7-8-11(13)9-12(10)14/h13,16-19H,4-12H2,1-3H3;7-9,13-14H,2-6H2,1H3. The van der Waals surface area contributed by atoms with Gasteiger partial charge >= 0.3 is 5.97 Å². The average Bonchev–Trinajstić information content (AvgIpc) is 3.24. The van der Waals surface area contributed by atoms with Gasteiger partial charge in [-0.1, -0.05) is 58.6 Å². The molecule has 0 radical (unpaired) electrons. The van der Waals surface area contributed by atoms with E-state index >= 15 is 0 Å². The van der Waals surface area contributed by atoms with Crippen LogP contribution in [0.2, 0.25) is 0 Å². The highest BCUT2D eigenvalue weighted by Gasteiger charge is 2.59. The van der Waals surface area contributed by atoms with Gasteiger partial charge in [0.15, 0.2) is 5.78 Å². The third-order valence-corrected chi connectivity index (χ3v) is 10.8. The molecule has 1 aromatic carbocycles. The first-order valence-electron chi connectivity index (χ1n) is 15.6. The largest absolute Gasteiger partial charge is 0.508 e. The maximum Gasteiger partial charge on any atom is 0.305 e. The van der Waals surface area contributed by atoms with E-state index in [1.807, 2.05) is 13.0 Å². The number of esters is 1. The van der Waals surface area contributed by atoms with Crippen molar-refractivity contribution < 1.29 is 24.5 Å². The number of unbranched alkanes of at least 4 members (excludes halogenated alkanes) is 3. The lowest BCUT2D eigenvalue weighted by atomic mass is 9.47. The molecule has 0 heterocycles. The molecule has 1 aromatic rings. The number of carbonyl (C=O) groups is 2. The van der Waals surface area contributed by atoms with E-state index in [9.17, 15) is 14.7 Å². The van der Waals surface area contributed by atoms with Gasteiger partial charge in [-0.2, -0.15) is 0 Å². The van der Waals surface area contributed by atoms with E-state index in [1.165, 1.54) is 50.2 Å². The van der Waals surface area contributed by atoms with Gasteiger partial charge in [0, 0.05) is 24.3 Å². The molecule has 4 aliphatic rings. The molecular formula is C34H50O5. The highest BCUT2D eigenvalue weighted by molar-refractivity contribution is 5.91. The molecule has 0 spiro atoms. The molecule has 39 heavy (non-hydrogen) atoms. The average molecular weight is 539 g/mol. The number of aryl methyl sites for hydroxylation is 1. The number of ether oxygens (including phenoxy) is 1. The fourth-order valence-electron chi connectivity index (χ4n) is 8.45. The van der Waals surface area contributed by atoms with Gasteiger partial charge in [0.05, 0.1) is 0 Å². The first kappa shape index (κ1) is 29.7. The number of benzene rings is 1. The topological polar surface area (TPSA) is 83.8 Å². The van der Waals surface area contributed by atoms with E-state index in [0.29, 0.717) is 24.0 Å². The second-order valence-electron chi connectivity index (χ2n) is 13.0. The zero-order chi connectivity index (χ0) is 28.2. The number of allylic oxidation sites excluding steroid dienone is 1. The van der Waals surface area contributed by atoms with Crippen LogP contribution in [0.25, 0.3) is 0 Å². The maximum absolute atomic E-state index is 11.9. The molecule has 5 rings (SSSR count). The normalized spacial score (nSPS) is 33.1. The van der Waals surface area contributed by atoms with Crippen LogP contribution in [0.15, 0.2) is 29.8 Å². The number of carbonyl (C=O) groups excluding carboxylic acids is 2. The van der Waals surface area contributed by atoms with Gasteiger partial charge in [0.25, 0.3) is 0 Å². The van der Waals surface area contributed by atoms with Gasteiger partial charge < -0.3 is 14.9 Å². The van der Waals surface area contributed by atoms with Crippen LogP contribution in [-0.2, 0) is 20.7 Å². The number of phenolic OH excluding ortho intramolecular Hbond substituents is 2. The van der Waals surface area contributed by atoms with Crippen molar-refractivity contribution in [2.24, 2.45) is 28.6 Å². The van der Waals surface area contributed by atoms with Crippen LogP contribution in [0, 0.1) is 28.6 Å². The number of hydrogen-bond acceptors (Lipinski definition) is 5. The van der Waals surface area contributed by atoms with Crippen molar-refractivity contribution in [3.8, 4) is 11.5 Å². The third-order valence-electron chi connectivity index (χ3n) is 10.8. The van der Waals surface area contributed by atoms with Gasteiger partial charge in [-0.15, -0.1) is 0 Å². The Kier molecular flexibility index (Phi) is 9.49. The van der Waals surface area contributed by atoms with Gasteiger partial charge in [0.1, 0.15) is 17.6 Å². The number of hydrogen-bond donors (Lipinski definition) is 2. The number of rotatable bonds is 7. The quantitative estimate of drug-likeness (QED) is 0.271. The van der Waals surface area contributed by atoms with Crippen LogP contribution in [0.3, 0.4) is 0 Å². The van der Waals surface area contributed by atoms with E-state index < -0.39 is 0 Å². The molecule has 0 aromatic heterocycles. The van der Waals surface area contributed by atoms with E-state index in [1.54, 1.807) is 12.1 Å². The Balaban J connectivity index is 0.000000215. The van der Waals surface area contributed by atoms with E-state index in [4.69, 9.17) is 9.84 Å². The summed E-state index contributed by atoms with van der Waals surface area (Å²) in [5.74, 6) is 2.75. The SMILES string of the molecule is CCC(=O)OC1CCC2C3CCC4=CC(=O)CCC4(C)C3CCC12C.CCCCCCc1ccc(O)cc1O. The van der Waals surface area contributed by atoms with Gasteiger partial charge in [-0.05, 0) is 98.7 Å². The van der Waals surface area contributed by atoms with E-state index in [2.05, 4.69) is 20.8 Å². The predicted molar refractivity (Wildman–Crippen MR) is 154 cm³/mol. The summed E-state index contributed by atoms with van der Waals surface area (Å²) in [7, 11) is 0.